The number of halogens is 1. The predicted molar refractivity (Wildman–Crippen MR) is 73.6 cm³/mol. The van der Waals surface area contributed by atoms with Crippen LogP contribution in [0.4, 0.5) is 4.39 Å². The first-order valence-corrected chi connectivity index (χ1v) is 6.76. The molecule has 2 N–H and O–H groups in total. The van der Waals surface area contributed by atoms with E-state index in [2.05, 4.69) is 15.3 Å². The highest BCUT2D eigenvalue weighted by atomic mass is 19.1. The van der Waals surface area contributed by atoms with Gasteiger partial charge < -0.3 is 10.3 Å². The zero-order valence-electron chi connectivity index (χ0n) is 11.0. The molecule has 0 unspecified atom stereocenters. The second kappa shape index (κ2) is 5.13. The SMILES string of the molecule is Cc1ccc(-c2cnc(C3CCNCC3)[nH]2)cc1F. The van der Waals surface area contributed by atoms with Crippen molar-refractivity contribution in [2.75, 3.05) is 13.1 Å². The molecule has 1 aromatic carbocycles. The van der Waals surface area contributed by atoms with Gasteiger partial charge in [-0.25, -0.2) is 9.37 Å². The molecule has 1 saturated heterocycles. The first-order chi connectivity index (χ1) is 9.24. The molecule has 0 atom stereocenters. The zero-order valence-corrected chi connectivity index (χ0v) is 11.0. The molecule has 0 radical (unpaired) electrons. The molecule has 0 bridgehead atoms. The van der Waals surface area contributed by atoms with Gasteiger partial charge in [0.1, 0.15) is 11.6 Å². The smallest absolute Gasteiger partial charge is 0.126 e. The van der Waals surface area contributed by atoms with Crippen molar-refractivity contribution in [1.82, 2.24) is 15.3 Å². The van der Waals surface area contributed by atoms with Crippen LogP contribution in [0.1, 0.15) is 30.1 Å². The van der Waals surface area contributed by atoms with Gasteiger partial charge in [-0.05, 0) is 44.5 Å². The fraction of sp³-hybridized carbons (Fsp3) is 0.400. The van der Waals surface area contributed by atoms with E-state index >= 15 is 0 Å². The quantitative estimate of drug-likeness (QED) is 0.870. The number of piperidine rings is 1. The maximum atomic E-state index is 13.6. The monoisotopic (exact) mass is 259 g/mol. The van der Waals surface area contributed by atoms with Crippen LogP contribution in [0.25, 0.3) is 11.3 Å². The van der Waals surface area contributed by atoms with E-state index in [1.165, 1.54) is 0 Å². The summed E-state index contributed by atoms with van der Waals surface area (Å²) >= 11 is 0. The van der Waals surface area contributed by atoms with Crippen LogP contribution in [0.15, 0.2) is 24.4 Å². The summed E-state index contributed by atoms with van der Waals surface area (Å²) in [5.41, 5.74) is 2.42. The highest BCUT2D eigenvalue weighted by Gasteiger charge is 2.18. The second-order valence-electron chi connectivity index (χ2n) is 5.17. The summed E-state index contributed by atoms with van der Waals surface area (Å²) in [5, 5.41) is 3.35. The number of aromatic nitrogens is 2. The normalized spacial score (nSPS) is 16.7. The van der Waals surface area contributed by atoms with Gasteiger partial charge in [0.25, 0.3) is 0 Å². The molecule has 1 fully saturated rings. The van der Waals surface area contributed by atoms with Gasteiger partial charge in [-0.1, -0.05) is 12.1 Å². The van der Waals surface area contributed by atoms with Crippen LogP contribution >= 0.6 is 0 Å². The number of benzene rings is 1. The van der Waals surface area contributed by atoms with Crippen LogP contribution in [0, 0.1) is 12.7 Å². The number of aromatic amines is 1. The molecule has 1 aliphatic heterocycles. The molecular formula is C15H18FN3. The van der Waals surface area contributed by atoms with Gasteiger partial charge >= 0.3 is 0 Å². The van der Waals surface area contributed by atoms with Crippen LogP contribution in [-0.4, -0.2) is 23.1 Å². The van der Waals surface area contributed by atoms with Gasteiger partial charge in [-0.2, -0.15) is 0 Å². The Morgan fingerprint density at radius 3 is 2.79 bits per heavy atom. The van der Waals surface area contributed by atoms with E-state index in [9.17, 15) is 4.39 Å². The van der Waals surface area contributed by atoms with Crippen molar-refractivity contribution in [1.29, 1.82) is 0 Å². The van der Waals surface area contributed by atoms with Crippen molar-refractivity contribution in [3.63, 3.8) is 0 Å². The molecule has 3 nitrogen and oxygen atoms in total. The molecule has 1 aliphatic rings. The lowest BCUT2D eigenvalue weighted by Crippen LogP contribution is -2.27. The van der Waals surface area contributed by atoms with Crippen LogP contribution in [0.2, 0.25) is 0 Å². The van der Waals surface area contributed by atoms with E-state index in [0.29, 0.717) is 11.5 Å². The van der Waals surface area contributed by atoms with E-state index in [4.69, 9.17) is 0 Å². The highest BCUT2D eigenvalue weighted by Crippen LogP contribution is 2.26. The molecule has 100 valence electrons. The van der Waals surface area contributed by atoms with Crippen molar-refractivity contribution in [2.45, 2.75) is 25.7 Å². The molecule has 3 rings (SSSR count). The largest absolute Gasteiger partial charge is 0.342 e. The number of aryl methyl sites for hydroxylation is 1. The summed E-state index contributed by atoms with van der Waals surface area (Å²) in [4.78, 5) is 7.80. The predicted octanol–water partition coefficient (Wildman–Crippen LogP) is 2.99. The molecule has 0 amide bonds. The van der Waals surface area contributed by atoms with Gasteiger partial charge in [0, 0.05) is 11.5 Å². The minimum absolute atomic E-state index is 0.171. The second-order valence-corrected chi connectivity index (χ2v) is 5.17. The van der Waals surface area contributed by atoms with Gasteiger partial charge in [-0.15, -0.1) is 0 Å². The van der Waals surface area contributed by atoms with Gasteiger partial charge in [0.15, 0.2) is 0 Å². The summed E-state index contributed by atoms with van der Waals surface area (Å²) in [6.45, 7) is 3.85. The van der Waals surface area contributed by atoms with Crippen molar-refractivity contribution in [3.05, 3.63) is 41.6 Å². The highest BCUT2D eigenvalue weighted by molar-refractivity contribution is 5.59. The van der Waals surface area contributed by atoms with Crippen LogP contribution in [0.5, 0.6) is 0 Å². The molecule has 0 spiro atoms. The number of hydrogen-bond acceptors (Lipinski definition) is 2. The van der Waals surface area contributed by atoms with Crippen LogP contribution in [-0.2, 0) is 0 Å². The van der Waals surface area contributed by atoms with Crippen LogP contribution < -0.4 is 5.32 Å². The average molecular weight is 259 g/mol. The summed E-state index contributed by atoms with van der Waals surface area (Å²) in [6, 6.07) is 5.29. The first-order valence-electron chi connectivity index (χ1n) is 6.76. The molecule has 1 aromatic heterocycles. The summed E-state index contributed by atoms with van der Waals surface area (Å²) in [7, 11) is 0. The summed E-state index contributed by atoms with van der Waals surface area (Å²) in [5.74, 6) is 1.35. The Bertz CT molecular complexity index is 571. The van der Waals surface area contributed by atoms with Gasteiger partial charge in [0.05, 0.1) is 11.9 Å². The minimum Gasteiger partial charge on any atom is -0.342 e. The molecule has 2 heterocycles. The Hall–Kier alpha value is -1.68. The fourth-order valence-electron chi connectivity index (χ4n) is 2.55. The number of hydrogen-bond donors (Lipinski definition) is 2. The van der Waals surface area contributed by atoms with E-state index in [0.717, 1.165) is 43.0 Å². The topological polar surface area (TPSA) is 40.7 Å². The van der Waals surface area contributed by atoms with Gasteiger partial charge in [0.2, 0.25) is 0 Å². The standard InChI is InChI=1S/C15H18FN3/c1-10-2-3-12(8-13(10)16)14-9-18-15(19-14)11-4-6-17-7-5-11/h2-3,8-9,11,17H,4-7H2,1H3,(H,18,19). The van der Waals surface area contributed by atoms with E-state index < -0.39 is 0 Å². The Balaban J connectivity index is 1.85. The lowest BCUT2D eigenvalue weighted by atomic mass is 9.98. The number of nitrogens with zero attached hydrogens (tertiary/aromatic N) is 1. The number of imidazole rings is 1. The first kappa shape index (κ1) is 12.4. The lowest BCUT2D eigenvalue weighted by Gasteiger charge is -2.20. The minimum atomic E-state index is -0.171. The molecule has 0 saturated carbocycles. The maximum absolute atomic E-state index is 13.6. The van der Waals surface area contributed by atoms with Crippen molar-refractivity contribution < 1.29 is 4.39 Å². The molecule has 2 aromatic rings. The zero-order chi connectivity index (χ0) is 13.2. The summed E-state index contributed by atoms with van der Waals surface area (Å²) < 4.78 is 13.6. The molecular weight excluding hydrogens is 241 g/mol. The third kappa shape index (κ3) is 2.54. The van der Waals surface area contributed by atoms with Crippen molar-refractivity contribution in [3.8, 4) is 11.3 Å². The third-order valence-electron chi connectivity index (χ3n) is 3.80. The summed E-state index contributed by atoms with van der Waals surface area (Å²) in [6.07, 6.45) is 4.02. The fourth-order valence-corrected chi connectivity index (χ4v) is 2.55. The Labute approximate surface area is 112 Å². The van der Waals surface area contributed by atoms with Crippen molar-refractivity contribution >= 4 is 0 Å². The molecule has 19 heavy (non-hydrogen) atoms. The number of H-pyrrole nitrogens is 1. The van der Waals surface area contributed by atoms with E-state index in [1.807, 2.05) is 12.3 Å². The average Bonchev–Trinajstić information content (AvgIpc) is 2.93. The van der Waals surface area contributed by atoms with E-state index in [-0.39, 0.29) is 5.82 Å². The Morgan fingerprint density at radius 2 is 2.05 bits per heavy atom. The maximum Gasteiger partial charge on any atom is 0.126 e. The number of nitrogens with one attached hydrogen (secondary N) is 2. The number of rotatable bonds is 2. The molecule has 0 aliphatic carbocycles. The van der Waals surface area contributed by atoms with Crippen molar-refractivity contribution in [2.24, 2.45) is 0 Å². The lowest BCUT2D eigenvalue weighted by molar-refractivity contribution is 0.447. The Morgan fingerprint density at radius 1 is 1.26 bits per heavy atom. The molecule has 4 heteroatoms. The van der Waals surface area contributed by atoms with Gasteiger partial charge in [-0.3, -0.25) is 0 Å². The van der Waals surface area contributed by atoms with E-state index in [1.54, 1.807) is 19.1 Å². The third-order valence-corrected chi connectivity index (χ3v) is 3.80. The Kier molecular flexibility index (Phi) is 3.34. The van der Waals surface area contributed by atoms with Crippen LogP contribution in [0.3, 0.4) is 0 Å².